The Morgan fingerprint density at radius 2 is 2.17 bits per heavy atom. The maximum absolute atomic E-state index is 12.0. The lowest BCUT2D eigenvalue weighted by Gasteiger charge is -2.24. The van der Waals surface area contributed by atoms with E-state index < -0.39 is 0 Å². The van der Waals surface area contributed by atoms with Gasteiger partial charge in [-0.15, -0.1) is 0 Å². The van der Waals surface area contributed by atoms with E-state index in [4.69, 9.17) is 0 Å². The van der Waals surface area contributed by atoms with Gasteiger partial charge in [-0.1, -0.05) is 0 Å². The number of fused-ring (bicyclic) bond motifs is 1. The van der Waals surface area contributed by atoms with Crippen molar-refractivity contribution < 1.29 is 4.79 Å². The average molecular weight is 242 g/mol. The summed E-state index contributed by atoms with van der Waals surface area (Å²) in [5, 5.41) is 3.05. The molecular weight excluding hydrogens is 228 g/mol. The normalized spacial score (nSPS) is 18.1. The first kappa shape index (κ1) is 11.0. The van der Waals surface area contributed by atoms with Crippen LogP contribution in [0, 0.1) is 0 Å². The fourth-order valence-electron chi connectivity index (χ4n) is 2.26. The molecule has 0 bridgehead atoms. The van der Waals surface area contributed by atoms with Crippen molar-refractivity contribution in [2.24, 2.45) is 0 Å². The molecule has 1 amide bonds. The van der Waals surface area contributed by atoms with Crippen molar-refractivity contribution in [2.45, 2.75) is 25.4 Å². The highest BCUT2D eigenvalue weighted by atomic mass is 16.1. The van der Waals surface area contributed by atoms with Crippen LogP contribution in [0.2, 0.25) is 0 Å². The molecule has 0 aliphatic carbocycles. The Bertz CT molecular complexity index is 549. The molecule has 0 aromatic carbocycles. The molecule has 0 fully saturated rings. The molecular formula is C13H14N4O. The summed E-state index contributed by atoms with van der Waals surface area (Å²) in [7, 11) is 0. The smallest absolute Gasteiger partial charge is 0.251 e. The fraction of sp³-hybridized carbons (Fsp3) is 0.308. The van der Waals surface area contributed by atoms with Gasteiger partial charge in [0.1, 0.15) is 5.82 Å². The zero-order valence-corrected chi connectivity index (χ0v) is 9.91. The van der Waals surface area contributed by atoms with Gasteiger partial charge < -0.3 is 9.88 Å². The lowest BCUT2D eigenvalue weighted by atomic mass is 10.1. The van der Waals surface area contributed by atoms with Crippen molar-refractivity contribution in [1.29, 1.82) is 0 Å². The lowest BCUT2D eigenvalue weighted by Crippen LogP contribution is -2.40. The molecule has 1 atom stereocenters. The number of pyridine rings is 1. The summed E-state index contributed by atoms with van der Waals surface area (Å²) in [6.45, 7) is 0.798. The molecule has 0 saturated carbocycles. The molecule has 1 aliphatic rings. The Balaban J connectivity index is 1.67. The first-order valence-electron chi connectivity index (χ1n) is 6.04. The van der Waals surface area contributed by atoms with Gasteiger partial charge >= 0.3 is 0 Å². The summed E-state index contributed by atoms with van der Waals surface area (Å²) in [4.78, 5) is 20.2. The number of carbonyl (C=O) groups excluding carboxylic acids is 1. The van der Waals surface area contributed by atoms with Crippen LogP contribution >= 0.6 is 0 Å². The van der Waals surface area contributed by atoms with Crippen LogP contribution in [0.4, 0.5) is 0 Å². The molecule has 0 radical (unpaired) electrons. The summed E-state index contributed by atoms with van der Waals surface area (Å²) in [6.07, 6.45) is 8.87. The Morgan fingerprint density at radius 3 is 3.00 bits per heavy atom. The zero-order chi connectivity index (χ0) is 12.4. The van der Waals surface area contributed by atoms with Crippen LogP contribution in [0.3, 0.4) is 0 Å². The summed E-state index contributed by atoms with van der Waals surface area (Å²) in [5.74, 6) is 1.07. The predicted molar refractivity (Wildman–Crippen MR) is 66.0 cm³/mol. The molecule has 1 unspecified atom stereocenters. The molecule has 2 aromatic rings. The molecule has 1 aliphatic heterocycles. The number of aromatic nitrogens is 3. The maximum atomic E-state index is 12.0. The lowest BCUT2D eigenvalue weighted by molar-refractivity contribution is 0.0927. The molecule has 3 heterocycles. The number of hydrogen-bond acceptors (Lipinski definition) is 3. The average Bonchev–Trinajstić information content (AvgIpc) is 2.87. The van der Waals surface area contributed by atoms with Crippen LogP contribution in [-0.2, 0) is 13.0 Å². The number of hydrogen-bond donors (Lipinski definition) is 1. The van der Waals surface area contributed by atoms with Gasteiger partial charge in [0.15, 0.2) is 0 Å². The van der Waals surface area contributed by atoms with E-state index >= 15 is 0 Å². The summed E-state index contributed by atoms with van der Waals surface area (Å²) >= 11 is 0. The third-order valence-electron chi connectivity index (χ3n) is 3.21. The zero-order valence-electron chi connectivity index (χ0n) is 9.91. The second-order valence-corrected chi connectivity index (χ2v) is 4.44. The first-order valence-corrected chi connectivity index (χ1v) is 6.04. The molecule has 92 valence electrons. The van der Waals surface area contributed by atoms with E-state index in [9.17, 15) is 4.79 Å². The van der Waals surface area contributed by atoms with Gasteiger partial charge in [-0.05, 0) is 18.6 Å². The molecule has 0 spiro atoms. The van der Waals surface area contributed by atoms with Crippen molar-refractivity contribution >= 4 is 5.91 Å². The molecule has 2 aromatic heterocycles. The van der Waals surface area contributed by atoms with E-state index in [1.165, 1.54) is 0 Å². The first-order chi connectivity index (χ1) is 8.83. The minimum Gasteiger partial charge on any atom is -0.347 e. The van der Waals surface area contributed by atoms with E-state index in [2.05, 4.69) is 19.9 Å². The van der Waals surface area contributed by atoms with E-state index in [1.54, 1.807) is 24.5 Å². The van der Waals surface area contributed by atoms with Crippen molar-refractivity contribution in [3.8, 4) is 0 Å². The minimum absolute atomic E-state index is 0.0361. The van der Waals surface area contributed by atoms with Crippen LogP contribution in [-0.4, -0.2) is 26.5 Å². The van der Waals surface area contributed by atoms with E-state index in [0.717, 1.165) is 25.2 Å². The maximum Gasteiger partial charge on any atom is 0.251 e. The third-order valence-corrected chi connectivity index (χ3v) is 3.21. The number of carbonyl (C=O) groups is 1. The Labute approximate surface area is 105 Å². The summed E-state index contributed by atoms with van der Waals surface area (Å²) in [5.41, 5.74) is 0.654. The van der Waals surface area contributed by atoms with Gasteiger partial charge in [0.25, 0.3) is 5.91 Å². The van der Waals surface area contributed by atoms with E-state index in [0.29, 0.717) is 5.56 Å². The number of rotatable bonds is 2. The molecule has 5 nitrogen and oxygen atoms in total. The van der Waals surface area contributed by atoms with Gasteiger partial charge in [0.05, 0.1) is 0 Å². The van der Waals surface area contributed by atoms with Crippen LogP contribution in [0.1, 0.15) is 22.6 Å². The van der Waals surface area contributed by atoms with Gasteiger partial charge in [-0.2, -0.15) is 0 Å². The third kappa shape index (κ3) is 2.11. The van der Waals surface area contributed by atoms with Crippen molar-refractivity contribution in [3.05, 3.63) is 48.3 Å². The number of imidazole rings is 1. The van der Waals surface area contributed by atoms with Gasteiger partial charge in [-0.3, -0.25) is 9.78 Å². The second kappa shape index (κ2) is 4.60. The summed E-state index contributed by atoms with van der Waals surface area (Å²) < 4.78 is 2.10. The highest BCUT2D eigenvalue weighted by Gasteiger charge is 2.20. The predicted octanol–water partition coefficient (Wildman–Crippen LogP) is 1.02. The second-order valence-electron chi connectivity index (χ2n) is 4.44. The number of aryl methyl sites for hydroxylation is 1. The molecule has 1 N–H and O–H groups in total. The van der Waals surface area contributed by atoms with Crippen molar-refractivity contribution in [2.75, 3.05) is 0 Å². The van der Waals surface area contributed by atoms with Crippen LogP contribution < -0.4 is 5.32 Å². The minimum atomic E-state index is -0.0361. The standard InChI is InChI=1S/C13H14N4O/c18-13(10-3-5-14-6-4-10)16-11-1-2-12-15-7-8-17(12)9-11/h3-8,11H,1-2,9H2,(H,16,18). The molecule has 3 rings (SSSR count). The summed E-state index contributed by atoms with van der Waals surface area (Å²) in [6, 6.07) is 3.62. The number of amides is 1. The number of nitrogens with zero attached hydrogens (tertiary/aromatic N) is 3. The van der Waals surface area contributed by atoms with Crippen LogP contribution in [0.15, 0.2) is 36.9 Å². The molecule has 18 heavy (non-hydrogen) atoms. The fourth-order valence-corrected chi connectivity index (χ4v) is 2.26. The quantitative estimate of drug-likeness (QED) is 0.855. The van der Waals surface area contributed by atoms with Gasteiger partial charge in [0.2, 0.25) is 0 Å². The van der Waals surface area contributed by atoms with Crippen LogP contribution in [0.25, 0.3) is 0 Å². The molecule has 0 saturated heterocycles. The van der Waals surface area contributed by atoms with Gasteiger partial charge in [0, 0.05) is 49.4 Å². The Hall–Kier alpha value is -2.17. The highest BCUT2D eigenvalue weighted by Crippen LogP contribution is 2.13. The monoisotopic (exact) mass is 242 g/mol. The Morgan fingerprint density at radius 1 is 1.33 bits per heavy atom. The highest BCUT2D eigenvalue weighted by molar-refractivity contribution is 5.94. The SMILES string of the molecule is O=C(NC1CCc2nccn2C1)c1ccncc1. The van der Waals surface area contributed by atoms with E-state index in [1.807, 2.05) is 12.4 Å². The number of nitrogens with one attached hydrogen (secondary N) is 1. The van der Waals surface area contributed by atoms with Gasteiger partial charge in [-0.25, -0.2) is 4.98 Å². The topological polar surface area (TPSA) is 59.8 Å². The van der Waals surface area contributed by atoms with Crippen molar-refractivity contribution in [1.82, 2.24) is 19.9 Å². The Kier molecular flexibility index (Phi) is 2.80. The van der Waals surface area contributed by atoms with Crippen LogP contribution in [0.5, 0.6) is 0 Å². The van der Waals surface area contributed by atoms with E-state index in [-0.39, 0.29) is 11.9 Å². The van der Waals surface area contributed by atoms with Crippen molar-refractivity contribution in [3.63, 3.8) is 0 Å². The largest absolute Gasteiger partial charge is 0.347 e. The molecule has 5 heteroatoms.